The maximum Gasteiger partial charge on any atom is 0.266 e. The Hall–Kier alpha value is -6.29. The molecule has 64 heavy (non-hydrogen) atoms. The van der Waals surface area contributed by atoms with E-state index in [0.717, 1.165) is 71.9 Å². The lowest BCUT2D eigenvalue weighted by molar-refractivity contribution is -0.136. The molecule has 15 nitrogen and oxygen atoms in total. The van der Waals surface area contributed by atoms with Crippen LogP contribution in [0.3, 0.4) is 0 Å². The average Bonchev–Trinajstić information content (AvgIpc) is 3.81. The zero-order valence-corrected chi connectivity index (χ0v) is 37.1. The van der Waals surface area contributed by atoms with Crippen molar-refractivity contribution in [2.75, 3.05) is 40.9 Å². The maximum atomic E-state index is 13.3. The molecule has 1 atom stereocenters. The highest BCUT2D eigenvalue weighted by molar-refractivity contribution is 7.92. The number of benzene rings is 3. The van der Waals surface area contributed by atoms with Crippen LogP contribution in [0.25, 0.3) is 16.8 Å². The van der Waals surface area contributed by atoms with Crippen LogP contribution in [0, 0.1) is 5.92 Å². The molecule has 3 aliphatic heterocycles. The van der Waals surface area contributed by atoms with Crippen molar-refractivity contribution in [1.29, 1.82) is 0 Å². The van der Waals surface area contributed by atoms with E-state index >= 15 is 0 Å². The minimum absolute atomic E-state index is 0.0829. The second-order valence-corrected chi connectivity index (χ2v) is 18.9. The first-order valence-corrected chi connectivity index (χ1v) is 24.4. The van der Waals surface area contributed by atoms with Gasteiger partial charge in [-0.1, -0.05) is 76.0 Å². The predicted molar refractivity (Wildman–Crippen MR) is 246 cm³/mol. The molecule has 336 valence electrons. The predicted octanol–water partition coefficient (Wildman–Crippen LogP) is 8.11. The fraction of sp³-hybridized carbons (Fsp3) is 0.417. The monoisotopic (exact) mass is 888 g/mol. The van der Waals surface area contributed by atoms with Gasteiger partial charge >= 0.3 is 0 Å². The van der Waals surface area contributed by atoms with E-state index in [4.69, 9.17) is 9.84 Å². The number of imide groups is 2. The lowest BCUT2D eigenvalue weighted by Crippen LogP contribution is -2.54. The van der Waals surface area contributed by atoms with Gasteiger partial charge in [-0.15, -0.1) is 5.10 Å². The van der Waals surface area contributed by atoms with Gasteiger partial charge in [-0.2, -0.15) is 0 Å². The lowest BCUT2D eigenvalue weighted by atomic mass is 9.90. The normalized spacial score (nSPS) is 16.9. The zero-order valence-electron chi connectivity index (χ0n) is 36.3. The number of nitrogens with zero attached hydrogens (tertiary/aromatic N) is 5. The second-order valence-electron chi connectivity index (χ2n) is 17.1. The van der Waals surface area contributed by atoms with Gasteiger partial charge in [-0.25, -0.2) is 17.9 Å². The van der Waals surface area contributed by atoms with Gasteiger partial charge in [0.05, 0.1) is 41.4 Å². The number of ether oxygens (including phenoxy) is 1. The number of anilines is 4. The molecular weight excluding hydrogens is 833 g/mol. The first kappa shape index (κ1) is 44.3. The highest BCUT2D eigenvalue weighted by atomic mass is 32.2. The van der Waals surface area contributed by atoms with Crippen molar-refractivity contribution in [3.8, 4) is 17.0 Å². The Balaban J connectivity index is 0.680. The number of hydrogen-bond donors (Lipinski definition) is 3. The molecule has 0 aliphatic carbocycles. The number of nitrogens with one attached hydrogen (secondary N) is 3. The molecule has 0 radical (unpaired) electrons. The summed E-state index contributed by atoms with van der Waals surface area (Å²) in [5, 5.41) is 10.3. The van der Waals surface area contributed by atoms with Crippen LogP contribution in [0.4, 0.5) is 23.0 Å². The summed E-state index contributed by atoms with van der Waals surface area (Å²) in [4.78, 5) is 58.2. The summed E-state index contributed by atoms with van der Waals surface area (Å²) < 4.78 is 33.8. The van der Waals surface area contributed by atoms with Crippen molar-refractivity contribution in [2.45, 2.75) is 95.9 Å². The van der Waals surface area contributed by atoms with Crippen LogP contribution in [0.5, 0.6) is 5.75 Å². The van der Waals surface area contributed by atoms with Crippen LogP contribution in [0.1, 0.15) is 111 Å². The van der Waals surface area contributed by atoms with Crippen LogP contribution in [0.15, 0.2) is 85.1 Å². The van der Waals surface area contributed by atoms with Crippen LogP contribution in [-0.2, 0) is 19.6 Å². The number of aromatic nitrogens is 3. The van der Waals surface area contributed by atoms with E-state index in [1.54, 1.807) is 41.0 Å². The Bertz CT molecular complexity index is 2610. The molecule has 3 aliphatic rings. The number of rotatable bonds is 20. The Kier molecular flexibility index (Phi) is 13.9. The van der Waals surface area contributed by atoms with E-state index < -0.39 is 39.7 Å². The van der Waals surface area contributed by atoms with Crippen molar-refractivity contribution >= 4 is 62.2 Å². The van der Waals surface area contributed by atoms with E-state index in [2.05, 4.69) is 49.5 Å². The smallest absolute Gasteiger partial charge is 0.266 e. The Morgan fingerprint density at radius 1 is 0.781 bits per heavy atom. The van der Waals surface area contributed by atoms with E-state index in [0.29, 0.717) is 24.0 Å². The molecule has 0 bridgehead atoms. The van der Waals surface area contributed by atoms with Gasteiger partial charge in [0.25, 0.3) is 11.8 Å². The topological polar surface area (TPSA) is 184 Å². The average molecular weight is 889 g/mol. The molecule has 2 saturated heterocycles. The molecule has 4 amide bonds. The number of piperidine rings is 2. The first-order chi connectivity index (χ1) is 31.0. The van der Waals surface area contributed by atoms with Crippen LogP contribution >= 0.6 is 0 Å². The summed E-state index contributed by atoms with van der Waals surface area (Å²) in [6.07, 6.45) is 17.3. The largest absolute Gasteiger partial charge is 0.493 e. The number of amides is 4. The number of carbonyl (C=O) groups is 4. The van der Waals surface area contributed by atoms with E-state index in [9.17, 15) is 27.6 Å². The Morgan fingerprint density at radius 3 is 2.23 bits per heavy atom. The molecule has 1 unspecified atom stereocenters. The van der Waals surface area contributed by atoms with Crippen molar-refractivity contribution in [3.05, 3.63) is 96.2 Å². The van der Waals surface area contributed by atoms with E-state index in [-0.39, 0.29) is 24.0 Å². The highest BCUT2D eigenvalue weighted by Gasteiger charge is 2.46. The number of unbranched alkanes of at least 4 members (excludes halogenated alkanes) is 8. The molecule has 3 aromatic carbocycles. The first-order valence-electron chi connectivity index (χ1n) is 22.5. The van der Waals surface area contributed by atoms with E-state index in [1.807, 2.05) is 24.3 Å². The summed E-state index contributed by atoms with van der Waals surface area (Å²) in [6.45, 7) is 2.57. The molecule has 16 heteroatoms. The number of sulfonamides is 1. The van der Waals surface area contributed by atoms with Crippen LogP contribution in [-0.4, -0.2) is 83.5 Å². The SMILES string of the molecule is CS(=O)(=O)Nc1cccc(-c2ccc3cnc(Nc4ccc(N5CCC(CCCCCCCCCCCOc6cccc7c6C(=O)N(C6CCC(=O)NC6=O)C7=O)CC5)cc4)nn23)c1. The third-order valence-corrected chi connectivity index (χ3v) is 13.0. The summed E-state index contributed by atoms with van der Waals surface area (Å²) in [6, 6.07) is 23.5. The molecule has 0 spiro atoms. The van der Waals surface area contributed by atoms with Crippen molar-refractivity contribution < 1.29 is 32.3 Å². The fourth-order valence-electron chi connectivity index (χ4n) is 9.06. The minimum atomic E-state index is -3.40. The third-order valence-electron chi connectivity index (χ3n) is 12.4. The summed E-state index contributed by atoms with van der Waals surface area (Å²) >= 11 is 0. The number of fused-ring (bicyclic) bond motifs is 2. The number of hydrogen-bond acceptors (Lipinski definition) is 11. The third kappa shape index (κ3) is 10.7. The quantitative estimate of drug-likeness (QED) is 0.0507. The summed E-state index contributed by atoms with van der Waals surface area (Å²) in [7, 11) is -3.40. The van der Waals surface area contributed by atoms with Gasteiger partial charge in [0, 0.05) is 42.1 Å². The number of carbonyl (C=O) groups excluding carboxylic acids is 4. The molecule has 2 aromatic heterocycles. The molecule has 0 saturated carbocycles. The van der Waals surface area contributed by atoms with Gasteiger partial charge in [0.15, 0.2) is 0 Å². The van der Waals surface area contributed by atoms with Gasteiger partial charge in [0.2, 0.25) is 27.8 Å². The second kappa shape index (κ2) is 20.0. The lowest BCUT2D eigenvalue weighted by Gasteiger charge is -2.33. The molecule has 2 fully saturated rings. The van der Waals surface area contributed by atoms with Crippen molar-refractivity contribution in [2.24, 2.45) is 5.92 Å². The summed E-state index contributed by atoms with van der Waals surface area (Å²) in [5.41, 5.74) is 5.51. The molecular formula is C48H56N8O7S. The Morgan fingerprint density at radius 2 is 1.50 bits per heavy atom. The van der Waals surface area contributed by atoms with Crippen molar-refractivity contribution in [1.82, 2.24) is 24.8 Å². The fourth-order valence-corrected chi connectivity index (χ4v) is 9.61. The van der Waals surface area contributed by atoms with Crippen LogP contribution < -0.4 is 25.0 Å². The van der Waals surface area contributed by atoms with Crippen LogP contribution in [0.2, 0.25) is 0 Å². The molecule has 5 aromatic rings. The van der Waals surface area contributed by atoms with Crippen molar-refractivity contribution in [3.63, 3.8) is 0 Å². The maximum absolute atomic E-state index is 13.3. The molecule has 8 rings (SSSR count). The minimum Gasteiger partial charge on any atom is -0.493 e. The Labute approximate surface area is 374 Å². The van der Waals surface area contributed by atoms with Gasteiger partial charge < -0.3 is 15.0 Å². The van der Waals surface area contributed by atoms with Gasteiger partial charge in [0.1, 0.15) is 11.8 Å². The van der Waals surface area contributed by atoms with Gasteiger partial charge in [-0.05, 0) is 92.3 Å². The van der Waals surface area contributed by atoms with E-state index in [1.165, 1.54) is 63.5 Å². The standard InChI is InChI=1S/C48H56N8O7S/c1-64(61,62)53-36-15-11-14-34(31-36)40-23-22-38-32-49-48(52-56(38)40)50-35-18-20-37(21-19-35)54-28-26-33(27-29-54)13-9-7-5-3-2-4-6-8-10-30-63-42-17-12-16-39-44(42)47(60)55(46(39)59)41-24-25-43(57)51-45(41)58/h11-12,14-23,31-33,41,53H,2-10,13,24-30H2,1H3,(H,50,52)(H,51,57,58). The zero-order chi connectivity index (χ0) is 44.6. The van der Waals surface area contributed by atoms with Gasteiger partial charge in [-0.3, -0.25) is 34.1 Å². The molecule has 3 N–H and O–H groups in total. The molecule has 5 heterocycles. The summed E-state index contributed by atoms with van der Waals surface area (Å²) in [5.74, 6) is -0.492. The highest BCUT2D eigenvalue weighted by Crippen LogP contribution is 2.34.